The van der Waals surface area contributed by atoms with E-state index < -0.39 is 29.8 Å². The van der Waals surface area contributed by atoms with Crippen LogP contribution in [-0.4, -0.2) is 30.9 Å². The zero-order valence-electron chi connectivity index (χ0n) is 14.1. The SMILES string of the molecule is COC1=CC=C(C(=O)Nc2c(Cl)c[n+]([O-])cc2Cl)C2C=CC(C(F)(F)F)=NC12. The monoisotopic (exact) mass is 433 g/mol. The minimum atomic E-state index is -4.62. The molecule has 1 aromatic heterocycles. The molecule has 2 heterocycles. The van der Waals surface area contributed by atoms with Crippen LogP contribution in [0.4, 0.5) is 18.9 Å². The molecule has 1 amide bonds. The number of amides is 1. The summed E-state index contributed by atoms with van der Waals surface area (Å²) in [6.07, 6.45) is 2.26. The van der Waals surface area contributed by atoms with Crippen molar-refractivity contribution >= 4 is 40.5 Å². The summed E-state index contributed by atoms with van der Waals surface area (Å²) in [4.78, 5) is 16.4. The molecule has 0 radical (unpaired) electrons. The second-order valence-corrected chi connectivity index (χ2v) is 6.69. The summed E-state index contributed by atoms with van der Waals surface area (Å²) in [5, 5.41) is 13.6. The van der Waals surface area contributed by atoms with Gasteiger partial charge in [0.05, 0.1) is 12.8 Å². The molecule has 1 N–H and O–H groups in total. The number of hydrogen-bond acceptors (Lipinski definition) is 4. The van der Waals surface area contributed by atoms with E-state index in [1.165, 1.54) is 25.3 Å². The Labute approximate surface area is 167 Å². The standard InChI is InChI=1S/C17H12Cl2F3N3O3/c1-28-12-4-2-9(8-3-5-13(17(20,21)22)23-14(8)12)16(26)24-15-10(18)6-25(27)7-11(15)19/h2-8,14H,1H3,(H,24,26). The van der Waals surface area contributed by atoms with E-state index in [1.54, 1.807) is 0 Å². The highest BCUT2D eigenvalue weighted by Crippen LogP contribution is 2.36. The van der Waals surface area contributed by atoms with Crippen LogP contribution in [-0.2, 0) is 9.53 Å². The van der Waals surface area contributed by atoms with Gasteiger partial charge in [-0.2, -0.15) is 17.9 Å². The first-order chi connectivity index (χ1) is 13.1. The largest absolute Gasteiger partial charge is 0.619 e. The Morgan fingerprint density at radius 1 is 1.29 bits per heavy atom. The molecule has 11 heteroatoms. The van der Waals surface area contributed by atoms with Gasteiger partial charge in [-0.3, -0.25) is 9.79 Å². The lowest BCUT2D eigenvalue weighted by Gasteiger charge is -2.31. The second-order valence-electron chi connectivity index (χ2n) is 5.88. The summed E-state index contributed by atoms with van der Waals surface area (Å²) in [6.45, 7) is 0. The predicted octanol–water partition coefficient (Wildman–Crippen LogP) is 3.59. The van der Waals surface area contributed by atoms with Crippen LogP contribution < -0.4 is 10.0 Å². The molecule has 0 spiro atoms. The number of halogens is 5. The van der Waals surface area contributed by atoms with Gasteiger partial charge in [0, 0.05) is 11.5 Å². The smallest absolute Gasteiger partial charge is 0.432 e. The van der Waals surface area contributed by atoms with Crippen molar-refractivity contribution in [3.8, 4) is 0 Å². The predicted molar refractivity (Wildman–Crippen MR) is 97.1 cm³/mol. The molecule has 6 nitrogen and oxygen atoms in total. The Kier molecular flexibility index (Phi) is 5.40. The molecular formula is C17H12Cl2F3N3O3. The lowest BCUT2D eigenvalue weighted by atomic mass is 9.83. The van der Waals surface area contributed by atoms with Crippen molar-refractivity contribution in [3.05, 3.63) is 63.3 Å². The highest BCUT2D eigenvalue weighted by Gasteiger charge is 2.41. The third-order valence-electron chi connectivity index (χ3n) is 4.14. The zero-order chi connectivity index (χ0) is 20.6. The number of allylic oxidation sites excluding steroid dienone is 3. The molecule has 0 aromatic carbocycles. The molecule has 0 saturated heterocycles. The fourth-order valence-corrected chi connectivity index (χ4v) is 3.40. The van der Waals surface area contributed by atoms with Crippen molar-refractivity contribution < 1.29 is 27.4 Å². The maximum atomic E-state index is 13.0. The van der Waals surface area contributed by atoms with Gasteiger partial charge in [-0.25, -0.2) is 0 Å². The summed E-state index contributed by atoms with van der Waals surface area (Å²) in [6, 6.07) is -1.04. The summed E-state index contributed by atoms with van der Waals surface area (Å²) < 4.78 is 44.5. The Hall–Kier alpha value is -2.52. The molecule has 0 fully saturated rings. The summed E-state index contributed by atoms with van der Waals surface area (Å²) in [5.74, 6) is -1.24. The number of methoxy groups -OCH3 is 1. The first-order valence-electron chi connectivity index (χ1n) is 7.80. The Balaban J connectivity index is 1.92. The van der Waals surface area contributed by atoms with Gasteiger partial charge in [-0.1, -0.05) is 29.3 Å². The fraction of sp³-hybridized carbons (Fsp3) is 0.235. The minimum absolute atomic E-state index is 0.0127. The molecule has 2 atom stereocenters. The number of aromatic nitrogens is 1. The molecule has 28 heavy (non-hydrogen) atoms. The highest BCUT2D eigenvalue weighted by atomic mass is 35.5. The van der Waals surface area contributed by atoms with Crippen LogP contribution in [0.2, 0.25) is 10.0 Å². The summed E-state index contributed by atoms with van der Waals surface area (Å²) in [5.41, 5.74) is -0.913. The number of nitrogens with zero attached hydrogens (tertiary/aromatic N) is 2. The molecular weight excluding hydrogens is 422 g/mol. The van der Waals surface area contributed by atoms with Crippen molar-refractivity contribution in [2.24, 2.45) is 10.9 Å². The number of carbonyl (C=O) groups excluding carboxylic acids is 1. The van der Waals surface area contributed by atoms with Gasteiger partial charge < -0.3 is 15.3 Å². The third kappa shape index (κ3) is 3.85. The first kappa shape index (κ1) is 20.2. The average Bonchev–Trinajstić information content (AvgIpc) is 2.62. The molecule has 1 aliphatic heterocycles. The van der Waals surface area contributed by atoms with Crippen molar-refractivity contribution in [2.45, 2.75) is 12.2 Å². The van der Waals surface area contributed by atoms with E-state index in [4.69, 9.17) is 27.9 Å². The molecule has 0 saturated carbocycles. The quantitative estimate of drug-likeness (QED) is 0.584. The number of hydrogen-bond donors (Lipinski definition) is 1. The van der Waals surface area contributed by atoms with E-state index in [2.05, 4.69) is 10.3 Å². The van der Waals surface area contributed by atoms with Crippen LogP contribution in [0.25, 0.3) is 0 Å². The average molecular weight is 434 g/mol. The molecule has 3 rings (SSSR count). The van der Waals surface area contributed by atoms with Crippen molar-refractivity contribution in [3.63, 3.8) is 0 Å². The number of anilines is 1. The van der Waals surface area contributed by atoms with Gasteiger partial charge in [0.15, 0.2) is 0 Å². The van der Waals surface area contributed by atoms with E-state index in [0.717, 1.165) is 18.5 Å². The van der Waals surface area contributed by atoms with E-state index in [9.17, 15) is 23.2 Å². The number of ether oxygens (including phenoxy) is 1. The first-order valence-corrected chi connectivity index (χ1v) is 8.55. The van der Waals surface area contributed by atoms with Crippen molar-refractivity contribution in [2.75, 3.05) is 12.4 Å². The summed E-state index contributed by atoms with van der Waals surface area (Å²) in [7, 11) is 1.31. The van der Waals surface area contributed by atoms with Crippen LogP contribution >= 0.6 is 23.2 Å². The fourth-order valence-electron chi connectivity index (χ4n) is 2.86. The molecule has 2 unspecified atom stereocenters. The van der Waals surface area contributed by atoms with E-state index >= 15 is 0 Å². The van der Waals surface area contributed by atoms with Gasteiger partial charge in [-0.05, 0) is 18.2 Å². The molecule has 2 aliphatic rings. The molecule has 0 bridgehead atoms. The summed E-state index contributed by atoms with van der Waals surface area (Å²) >= 11 is 11.9. The van der Waals surface area contributed by atoms with E-state index in [1.807, 2.05) is 0 Å². The lowest BCUT2D eigenvalue weighted by molar-refractivity contribution is -0.605. The normalized spacial score (nSPS) is 21.3. The van der Waals surface area contributed by atoms with Gasteiger partial charge in [0.2, 0.25) is 12.4 Å². The molecule has 1 aliphatic carbocycles. The topological polar surface area (TPSA) is 77.6 Å². The number of pyridine rings is 1. The Bertz CT molecular complexity index is 932. The van der Waals surface area contributed by atoms with Crippen LogP contribution in [0.1, 0.15) is 0 Å². The van der Waals surface area contributed by atoms with Gasteiger partial charge in [0.1, 0.15) is 27.6 Å². The molecule has 148 valence electrons. The van der Waals surface area contributed by atoms with E-state index in [0.29, 0.717) is 4.73 Å². The number of dihydropyridines is 1. The Morgan fingerprint density at radius 2 is 1.93 bits per heavy atom. The number of fused-ring (bicyclic) bond motifs is 1. The Morgan fingerprint density at radius 3 is 2.50 bits per heavy atom. The number of nitrogens with one attached hydrogen (secondary N) is 1. The van der Waals surface area contributed by atoms with E-state index in [-0.39, 0.29) is 27.1 Å². The molecule has 1 aromatic rings. The van der Waals surface area contributed by atoms with Gasteiger partial charge in [0.25, 0.3) is 5.91 Å². The van der Waals surface area contributed by atoms with Gasteiger partial charge in [-0.15, -0.1) is 0 Å². The van der Waals surface area contributed by atoms with Gasteiger partial charge >= 0.3 is 6.18 Å². The van der Waals surface area contributed by atoms with Crippen LogP contribution in [0.15, 0.2) is 53.0 Å². The van der Waals surface area contributed by atoms with Crippen molar-refractivity contribution in [1.29, 1.82) is 0 Å². The number of aliphatic imine (C=N–C) groups is 1. The maximum Gasteiger partial charge on any atom is 0.432 e. The number of rotatable bonds is 3. The minimum Gasteiger partial charge on any atom is -0.619 e. The third-order valence-corrected chi connectivity index (χ3v) is 4.72. The van der Waals surface area contributed by atoms with Crippen LogP contribution in [0.5, 0.6) is 0 Å². The second kappa shape index (κ2) is 7.48. The number of alkyl halides is 3. The van der Waals surface area contributed by atoms with Crippen molar-refractivity contribution in [1.82, 2.24) is 0 Å². The maximum absolute atomic E-state index is 13.0. The van der Waals surface area contributed by atoms with Crippen LogP contribution in [0, 0.1) is 11.1 Å². The van der Waals surface area contributed by atoms with Crippen LogP contribution in [0.3, 0.4) is 0 Å². The lowest BCUT2D eigenvalue weighted by Crippen LogP contribution is -2.36. The number of carbonyl (C=O) groups is 1. The highest BCUT2D eigenvalue weighted by molar-refractivity contribution is 6.39. The zero-order valence-corrected chi connectivity index (χ0v) is 15.6.